The Morgan fingerprint density at radius 1 is 1.21 bits per heavy atom. The maximum atomic E-state index is 13.5. The van der Waals surface area contributed by atoms with E-state index in [1.165, 1.54) is 29.3 Å². The molecule has 13 heteroatoms. The number of aliphatic hydroxyl groups excluding tert-OH is 2. The molecular formula is C25H28F3N5O5. The van der Waals surface area contributed by atoms with Gasteiger partial charge in [0.25, 0.3) is 0 Å². The number of ether oxygens (including phenoxy) is 1. The van der Waals surface area contributed by atoms with Gasteiger partial charge in [-0.15, -0.1) is 0 Å². The molecule has 2 aliphatic heterocycles. The molecule has 1 aliphatic carbocycles. The Hall–Kier alpha value is -3.45. The number of Topliss-reactive ketones (excluding diaryl/α,β-unsaturated/α-hetero) is 1. The van der Waals surface area contributed by atoms with E-state index in [4.69, 9.17) is 9.84 Å². The molecule has 0 aromatic carbocycles. The maximum absolute atomic E-state index is 13.5. The van der Waals surface area contributed by atoms with E-state index in [9.17, 15) is 27.9 Å². The van der Waals surface area contributed by atoms with Gasteiger partial charge in [0.1, 0.15) is 30.0 Å². The Bertz CT molecular complexity index is 1210. The number of urea groups is 1. The summed E-state index contributed by atoms with van der Waals surface area (Å²) in [6.07, 6.45) is -3.20. The molecule has 2 aromatic heterocycles. The Balaban J connectivity index is 1.36. The number of fused-ring (bicyclic) bond motifs is 4. The minimum absolute atomic E-state index is 0.102. The molecule has 38 heavy (non-hydrogen) atoms. The number of nitrogens with one attached hydrogen (secondary N) is 1. The highest BCUT2D eigenvalue weighted by molar-refractivity contribution is 6.05. The summed E-state index contributed by atoms with van der Waals surface area (Å²) >= 11 is 0. The summed E-state index contributed by atoms with van der Waals surface area (Å²) < 4.78 is 45.9. The van der Waals surface area contributed by atoms with Crippen LogP contribution in [0.1, 0.15) is 36.2 Å². The van der Waals surface area contributed by atoms with Gasteiger partial charge in [-0.05, 0) is 43.4 Å². The molecule has 3 atom stereocenters. The predicted octanol–water partition coefficient (Wildman–Crippen LogP) is 3.00. The lowest BCUT2D eigenvalue weighted by Gasteiger charge is -2.35. The highest BCUT2D eigenvalue weighted by Crippen LogP contribution is 2.47. The number of alkyl halides is 3. The SMILES string of the molecule is O=C(C[C@H](C1CC1)C(F)(F)F)c1ccc2c(n1)N(C(=O)Nc1cc(OC[C@@H](O)CO)ccn1)[C@H]1CCN2C1. The topological polar surface area (TPSA) is 128 Å². The van der Waals surface area contributed by atoms with E-state index >= 15 is 0 Å². The first-order valence-electron chi connectivity index (χ1n) is 12.5. The first-order valence-corrected chi connectivity index (χ1v) is 12.5. The largest absolute Gasteiger partial charge is 0.491 e. The smallest absolute Gasteiger partial charge is 0.392 e. The van der Waals surface area contributed by atoms with E-state index < -0.39 is 49.0 Å². The summed E-state index contributed by atoms with van der Waals surface area (Å²) in [7, 11) is 0. The van der Waals surface area contributed by atoms with Crippen LogP contribution in [0.15, 0.2) is 30.5 Å². The molecule has 2 fully saturated rings. The van der Waals surface area contributed by atoms with Gasteiger partial charge in [0.05, 0.1) is 24.3 Å². The molecule has 3 N–H and O–H groups in total. The molecule has 0 spiro atoms. The highest BCUT2D eigenvalue weighted by Gasteiger charge is 2.49. The minimum Gasteiger partial charge on any atom is -0.491 e. The van der Waals surface area contributed by atoms with E-state index in [-0.39, 0.29) is 30.0 Å². The summed E-state index contributed by atoms with van der Waals surface area (Å²) in [4.78, 5) is 38.3. The average molecular weight is 536 g/mol. The number of aliphatic hydroxyl groups is 2. The van der Waals surface area contributed by atoms with Crippen LogP contribution in [0.3, 0.4) is 0 Å². The lowest BCUT2D eigenvalue weighted by Crippen LogP contribution is -2.48. The van der Waals surface area contributed by atoms with Gasteiger partial charge < -0.3 is 19.8 Å². The fourth-order valence-corrected chi connectivity index (χ4v) is 4.96. The molecular weight excluding hydrogens is 507 g/mol. The number of ketones is 1. The Labute approximate surface area is 216 Å². The van der Waals surface area contributed by atoms with Gasteiger partial charge in [-0.3, -0.25) is 15.0 Å². The van der Waals surface area contributed by atoms with Gasteiger partial charge in [-0.25, -0.2) is 14.8 Å². The number of halogens is 3. The number of amides is 2. The average Bonchev–Trinajstić information content (AvgIpc) is 3.64. The third kappa shape index (κ3) is 5.53. The molecule has 204 valence electrons. The second-order valence-electron chi connectivity index (χ2n) is 9.86. The molecule has 2 aromatic rings. The summed E-state index contributed by atoms with van der Waals surface area (Å²) in [6.45, 7) is 0.615. The summed E-state index contributed by atoms with van der Waals surface area (Å²) in [5.74, 6) is -2.22. The molecule has 1 saturated carbocycles. The zero-order chi connectivity index (χ0) is 27.0. The zero-order valence-electron chi connectivity index (χ0n) is 20.4. The van der Waals surface area contributed by atoms with E-state index in [0.717, 1.165) is 0 Å². The Morgan fingerprint density at radius 2 is 2.00 bits per heavy atom. The molecule has 0 radical (unpaired) electrons. The van der Waals surface area contributed by atoms with Crippen LogP contribution >= 0.6 is 0 Å². The first-order chi connectivity index (χ1) is 18.1. The van der Waals surface area contributed by atoms with Crippen LogP contribution in [0.2, 0.25) is 0 Å². The third-order valence-electron chi connectivity index (χ3n) is 7.09. The monoisotopic (exact) mass is 535 g/mol. The van der Waals surface area contributed by atoms with Crippen LogP contribution in [-0.2, 0) is 0 Å². The third-order valence-corrected chi connectivity index (χ3v) is 7.09. The van der Waals surface area contributed by atoms with E-state index in [2.05, 4.69) is 15.3 Å². The van der Waals surface area contributed by atoms with Crippen molar-refractivity contribution in [2.24, 2.45) is 11.8 Å². The van der Waals surface area contributed by atoms with Crippen molar-refractivity contribution in [1.82, 2.24) is 9.97 Å². The summed E-state index contributed by atoms with van der Waals surface area (Å²) in [5, 5.41) is 21.1. The van der Waals surface area contributed by atoms with Crippen molar-refractivity contribution in [3.8, 4) is 5.75 Å². The van der Waals surface area contributed by atoms with Gasteiger partial charge >= 0.3 is 12.2 Å². The highest BCUT2D eigenvalue weighted by atomic mass is 19.4. The van der Waals surface area contributed by atoms with Gasteiger partial charge in [0, 0.05) is 31.8 Å². The normalized spacial score (nSPS) is 20.1. The molecule has 10 nitrogen and oxygen atoms in total. The second-order valence-corrected chi connectivity index (χ2v) is 9.86. The van der Waals surface area contributed by atoms with Crippen LogP contribution in [0.25, 0.3) is 0 Å². The number of carbonyl (C=O) groups excluding carboxylic acids is 2. The zero-order valence-corrected chi connectivity index (χ0v) is 20.4. The standard InChI is InChI=1S/C25H28F3N5O5/c26-25(27,28)18(14-1-2-14)10-21(36)19-3-4-20-23(30-19)33(15-6-8-32(20)11-15)24(37)31-22-9-17(5-7-29-22)38-13-16(35)12-34/h3-5,7,9,14-16,18,34-35H,1-2,6,8,10-13H2,(H,29,31,37)/t15-,16-,18+/m0/s1. The van der Waals surface area contributed by atoms with Crippen LogP contribution in [0.4, 0.5) is 35.3 Å². The number of anilines is 3. The van der Waals surface area contributed by atoms with Crippen LogP contribution in [0.5, 0.6) is 5.75 Å². The molecule has 1 saturated heterocycles. The van der Waals surface area contributed by atoms with Crippen LogP contribution in [0, 0.1) is 11.8 Å². The molecule has 3 aliphatic rings. The van der Waals surface area contributed by atoms with Crippen molar-refractivity contribution in [2.45, 2.75) is 44.0 Å². The van der Waals surface area contributed by atoms with Gasteiger partial charge in [-0.1, -0.05) is 0 Å². The van der Waals surface area contributed by atoms with Crippen molar-refractivity contribution in [1.29, 1.82) is 0 Å². The number of hydrogen-bond acceptors (Lipinski definition) is 8. The quantitative estimate of drug-likeness (QED) is 0.418. The van der Waals surface area contributed by atoms with Gasteiger partial charge in [0.2, 0.25) is 0 Å². The van der Waals surface area contributed by atoms with Crippen LogP contribution < -0.4 is 19.9 Å². The van der Waals surface area contributed by atoms with Crippen LogP contribution in [-0.4, -0.2) is 76.6 Å². The van der Waals surface area contributed by atoms with Crippen molar-refractivity contribution in [3.05, 3.63) is 36.2 Å². The predicted molar refractivity (Wildman–Crippen MR) is 130 cm³/mol. The Kier molecular flexibility index (Phi) is 7.14. The molecule has 4 heterocycles. The van der Waals surface area contributed by atoms with Crippen molar-refractivity contribution >= 4 is 29.1 Å². The van der Waals surface area contributed by atoms with Gasteiger partial charge in [-0.2, -0.15) is 13.2 Å². The summed E-state index contributed by atoms with van der Waals surface area (Å²) in [6, 6.07) is 5.25. The fraction of sp³-hybridized carbons (Fsp3) is 0.520. The molecule has 0 unspecified atom stereocenters. The van der Waals surface area contributed by atoms with Gasteiger partial charge in [0.15, 0.2) is 11.6 Å². The van der Waals surface area contributed by atoms with E-state index in [1.807, 2.05) is 4.90 Å². The first kappa shape index (κ1) is 26.2. The van der Waals surface area contributed by atoms with Crippen molar-refractivity contribution in [3.63, 3.8) is 0 Å². The molecule has 2 bridgehead atoms. The second kappa shape index (κ2) is 10.4. The Morgan fingerprint density at radius 3 is 2.71 bits per heavy atom. The van der Waals surface area contributed by atoms with Crippen molar-refractivity contribution in [2.75, 3.05) is 41.4 Å². The number of pyridine rings is 2. The molecule has 2 amide bonds. The van der Waals surface area contributed by atoms with E-state index in [0.29, 0.717) is 43.8 Å². The molecule has 5 rings (SSSR count). The minimum atomic E-state index is -4.46. The van der Waals surface area contributed by atoms with E-state index in [1.54, 1.807) is 6.07 Å². The summed E-state index contributed by atoms with van der Waals surface area (Å²) in [5.41, 5.74) is 0.526. The maximum Gasteiger partial charge on any atom is 0.392 e. The number of carbonyl (C=O) groups is 2. The lowest BCUT2D eigenvalue weighted by atomic mass is 9.95. The number of nitrogens with zero attached hydrogens (tertiary/aromatic N) is 4. The van der Waals surface area contributed by atoms with Crippen molar-refractivity contribution < 1.29 is 37.7 Å². The fourth-order valence-electron chi connectivity index (χ4n) is 4.96. The number of rotatable bonds is 9. The number of hydrogen-bond donors (Lipinski definition) is 3. The number of aromatic nitrogens is 2. The lowest BCUT2D eigenvalue weighted by molar-refractivity contribution is -0.179.